The summed E-state index contributed by atoms with van der Waals surface area (Å²) in [6.45, 7) is 2.63. The second kappa shape index (κ2) is 9.80. The first-order valence-corrected chi connectivity index (χ1v) is 10.1. The quantitative estimate of drug-likeness (QED) is 0.593. The van der Waals surface area contributed by atoms with Crippen LogP contribution in [0.2, 0.25) is 0 Å². The highest BCUT2D eigenvalue weighted by molar-refractivity contribution is 5.62. The number of nitrogens with two attached hydrogens (primary N) is 1. The number of ether oxygens (including phenoxy) is 6. The van der Waals surface area contributed by atoms with Crippen molar-refractivity contribution in [3.63, 3.8) is 0 Å². The van der Waals surface area contributed by atoms with Crippen molar-refractivity contribution in [2.75, 3.05) is 40.8 Å². The molecule has 1 aliphatic rings. The molecule has 0 aliphatic carbocycles. The number of anilines is 1. The summed E-state index contributed by atoms with van der Waals surface area (Å²) in [4.78, 5) is 0. The Morgan fingerprint density at radius 1 is 0.800 bits per heavy atom. The van der Waals surface area contributed by atoms with Crippen molar-refractivity contribution in [1.82, 2.24) is 0 Å². The molecule has 0 saturated carbocycles. The molecule has 1 saturated heterocycles. The summed E-state index contributed by atoms with van der Waals surface area (Å²) >= 11 is 0. The SMILES string of the molecule is CCCOc1c(N)cc(C2CCC(c3cc(OC)c(OC)c(OC)c3)O2)cc1OC. The predicted octanol–water partition coefficient (Wildman–Crippen LogP) is 4.68. The van der Waals surface area contributed by atoms with Crippen LogP contribution in [0.1, 0.15) is 49.5 Å². The first kappa shape index (κ1) is 21.9. The molecule has 1 fully saturated rings. The van der Waals surface area contributed by atoms with Gasteiger partial charge in [-0.2, -0.15) is 0 Å². The van der Waals surface area contributed by atoms with Crippen LogP contribution in [0.3, 0.4) is 0 Å². The number of nitrogen functional groups attached to an aromatic ring is 1. The average molecular weight is 418 g/mol. The van der Waals surface area contributed by atoms with Crippen molar-refractivity contribution in [2.45, 2.75) is 38.4 Å². The third-order valence-electron chi connectivity index (χ3n) is 5.23. The lowest BCUT2D eigenvalue weighted by molar-refractivity contribution is 0.0437. The zero-order valence-electron chi connectivity index (χ0n) is 18.3. The van der Waals surface area contributed by atoms with Gasteiger partial charge in [0, 0.05) is 0 Å². The molecular weight excluding hydrogens is 386 g/mol. The summed E-state index contributed by atoms with van der Waals surface area (Å²) < 4.78 is 34.0. The first-order valence-electron chi connectivity index (χ1n) is 10.1. The minimum absolute atomic E-state index is 0.0908. The molecule has 0 spiro atoms. The highest BCUT2D eigenvalue weighted by atomic mass is 16.5. The van der Waals surface area contributed by atoms with Crippen LogP contribution >= 0.6 is 0 Å². The van der Waals surface area contributed by atoms with E-state index in [1.54, 1.807) is 28.4 Å². The van der Waals surface area contributed by atoms with E-state index in [4.69, 9.17) is 34.2 Å². The van der Waals surface area contributed by atoms with Crippen LogP contribution < -0.4 is 29.4 Å². The van der Waals surface area contributed by atoms with E-state index in [1.165, 1.54) is 0 Å². The van der Waals surface area contributed by atoms with Crippen LogP contribution in [0.15, 0.2) is 24.3 Å². The Bertz CT molecular complexity index is 844. The minimum atomic E-state index is -0.0921. The van der Waals surface area contributed by atoms with Gasteiger partial charge in [0.15, 0.2) is 23.0 Å². The Morgan fingerprint density at radius 3 is 1.77 bits per heavy atom. The van der Waals surface area contributed by atoms with Crippen LogP contribution in [-0.2, 0) is 4.74 Å². The zero-order chi connectivity index (χ0) is 21.7. The van der Waals surface area contributed by atoms with Crippen molar-refractivity contribution in [3.8, 4) is 28.7 Å². The molecule has 1 aliphatic heterocycles. The van der Waals surface area contributed by atoms with Crippen molar-refractivity contribution < 1.29 is 28.4 Å². The normalized spacial score (nSPS) is 18.2. The summed E-state index contributed by atoms with van der Waals surface area (Å²) in [5.41, 5.74) is 8.76. The van der Waals surface area contributed by atoms with E-state index in [2.05, 4.69) is 0 Å². The van der Waals surface area contributed by atoms with Crippen LogP contribution in [-0.4, -0.2) is 35.0 Å². The molecule has 0 bridgehead atoms. The van der Waals surface area contributed by atoms with Gasteiger partial charge in [0.1, 0.15) is 0 Å². The van der Waals surface area contributed by atoms with Crippen molar-refractivity contribution in [2.24, 2.45) is 0 Å². The van der Waals surface area contributed by atoms with E-state index >= 15 is 0 Å². The monoisotopic (exact) mass is 417 g/mol. The molecule has 2 N–H and O–H groups in total. The Hall–Kier alpha value is -2.80. The molecule has 2 atom stereocenters. The molecule has 164 valence electrons. The summed E-state index contributed by atoms with van der Waals surface area (Å²) in [5, 5.41) is 0. The van der Waals surface area contributed by atoms with E-state index < -0.39 is 0 Å². The number of benzene rings is 2. The van der Waals surface area contributed by atoms with E-state index in [0.29, 0.717) is 41.0 Å². The number of rotatable bonds is 9. The molecule has 2 aromatic carbocycles. The van der Waals surface area contributed by atoms with Gasteiger partial charge in [0.2, 0.25) is 5.75 Å². The fourth-order valence-corrected chi connectivity index (χ4v) is 3.76. The molecule has 30 heavy (non-hydrogen) atoms. The third kappa shape index (κ3) is 4.36. The first-order chi connectivity index (χ1) is 14.6. The second-order valence-corrected chi connectivity index (χ2v) is 7.14. The van der Waals surface area contributed by atoms with Gasteiger partial charge < -0.3 is 34.2 Å². The molecule has 1 heterocycles. The molecule has 7 heteroatoms. The molecular formula is C23H31NO6. The molecule has 0 amide bonds. The van der Waals surface area contributed by atoms with E-state index in [0.717, 1.165) is 30.4 Å². The van der Waals surface area contributed by atoms with Gasteiger partial charge in [-0.25, -0.2) is 0 Å². The minimum Gasteiger partial charge on any atom is -0.493 e. The molecule has 7 nitrogen and oxygen atoms in total. The van der Waals surface area contributed by atoms with Gasteiger partial charge in [0.05, 0.1) is 52.9 Å². The van der Waals surface area contributed by atoms with Gasteiger partial charge in [-0.05, 0) is 54.7 Å². The Kier molecular flexibility index (Phi) is 7.15. The number of hydrogen-bond donors (Lipinski definition) is 1. The Labute approximate surface area is 178 Å². The Balaban J connectivity index is 1.84. The second-order valence-electron chi connectivity index (χ2n) is 7.14. The highest BCUT2D eigenvalue weighted by Gasteiger charge is 2.30. The van der Waals surface area contributed by atoms with Gasteiger partial charge in [-0.3, -0.25) is 0 Å². The van der Waals surface area contributed by atoms with Crippen LogP contribution in [0.4, 0.5) is 5.69 Å². The largest absolute Gasteiger partial charge is 0.493 e. The van der Waals surface area contributed by atoms with Crippen molar-refractivity contribution in [1.29, 1.82) is 0 Å². The molecule has 0 radical (unpaired) electrons. The van der Waals surface area contributed by atoms with Gasteiger partial charge >= 0.3 is 0 Å². The van der Waals surface area contributed by atoms with Crippen molar-refractivity contribution in [3.05, 3.63) is 35.4 Å². The fourth-order valence-electron chi connectivity index (χ4n) is 3.76. The zero-order valence-corrected chi connectivity index (χ0v) is 18.3. The summed E-state index contributed by atoms with van der Waals surface area (Å²) in [7, 11) is 6.42. The Morgan fingerprint density at radius 2 is 1.30 bits per heavy atom. The standard InChI is InChI=1S/C23H31NO6/c1-6-9-29-22-16(24)10-14(11-19(22)25-2)17-7-8-18(30-17)15-12-20(26-3)23(28-5)21(13-15)27-4/h10-13,17-18H,6-9,24H2,1-5H3. The summed E-state index contributed by atoms with van der Waals surface area (Å²) in [5.74, 6) is 3.00. The van der Waals surface area contributed by atoms with E-state index in [-0.39, 0.29) is 12.2 Å². The summed E-state index contributed by atoms with van der Waals surface area (Å²) in [6.07, 6.45) is 2.43. The molecule has 3 rings (SSSR count). The maximum absolute atomic E-state index is 6.38. The lowest BCUT2D eigenvalue weighted by Crippen LogP contribution is -2.05. The lowest BCUT2D eigenvalue weighted by Gasteiger charge is -2.20. The van der Waals surface area contributed by atoms with Gasteiger partial charge in [0.25, 0.3) is 0 Å². The van der Waals surface area contributed by atoms with Crippen LogP contribution in [0, 0.1) is 0 Å². The molecule has 2 aromatic rings. The molecule has 0 aromatic heterocycles. The smallest absolute Gasteiger partial charge is 0.203 e. The predicted molar refractivity (Wildman–Crippen MR) is 115 cm³/mol. The highest BCUT2D eigenvalue weighted by Crippen LogP contribution is 2.47. The average Bonchev–Trinajstić information content (AvgIpc) is 3.27. The topological polar surface area (TPSA) is 81.4 Å². The fraction of sp³-hybridized carbons (Fsp3) is 0.478. The number of hydrogen-bond acceptors (Lipinski definition) is 7. The summed E-state index contributed by atoms with van der Waals surface area (Å²) in [6, 6.07) is 7.73. The van der Waals surface area contributed by atoms with Crippen LogP contribution in [0.25, 0.3) is 0 Å². The van der Waals surface area contributed by atoms with E-state index in [9.17, 15) is 0 Å². The van der Waals surface area contributed by atoms with Gasteiger partial charge in [-0.1, -0.05) is 6.92 Å². The lowest BCUT2D eigenvalue weighted by atomic mass is 10.0. The molecule has 2 unspecified atom stereocenters. The number of methoxy groups -OCH3 is 4. The van der Waals surface area contributed by atoms with Gasteiger partial charge in [-0.15, -0.1) is 0 Å². The maximum Gasteiger partial charge on any atom is 0.203 e. The van der Waals surface area contributed by atoms with E-state index in [1.807, 2.05) is 31.2 Å². The van der Waals surface area contributed by atoms with Crippen LogP contribution in [0.5, 0.6) is 28.7 Å². The maximum atomic E-state index is 6.38. The third-order valence-corrected chi connectivity index (χ3v) is 5.23. The van der Waals surface area contributed by atoms with Crippen molar-refractivity contribution >= 4 is 5.69 Å².